The number of rotatable bonds is 11. The summed E-state index contributed by atoms with van der Waals surface area (Å²) in [5, 5.41) is 0. The molecule has 0 fully saturated rings. The van der Waals surface area contributed by atoms with Crippen LogP contribution in [0.1, 0.15) is 48.5 Å². The lowest BCUT2D eigenvalue weighted by molar-refractivity contribution is 0.0642. The minimum absolute atomic E-state index is 0.113. The summed E-state index contributed by atoms with van der Waals surface area (Å²) in [6.07, 6.45) is -0.515. The van der Waals surface area contributed by atoms with Crippen LogP contribution in [0.5, 0.6) is 5.75 Å². The zero-order valence-corrected chi connectivity index (χ0v) is 19.2. The smallest absolute Gasteiger partial charge is 0.475 e. The molecule has 0 bridgehead atoms. The summed E-state index contributed by atoms with van der Waals surface area (Å²) < 4.78 is 34.7. The first-order chi connectivity index (χ1) is 12.0. The van der Waals surface area contributed by atoms with E-state index in [1.165, 1.54) is 0 Å². The van der Waals surface area contributed by atoms with Gasteiger partial charge in [0.1, 0.15) is 12.4 Å². The fourth-order valence-corrected chi connectivity index (χ4v) is 5.33. The molecule has 0 aromatic heterocycles. The molecule has 0 aliphatic rings. The SMILES string of the molecule is CC(C)OP(=O)(OCCOc1ccccc1SSC(C)(C)C)OC(C)C. The second-order valence-corrected chi connectivity index (χ2v) is 11.7. The lowest BCUT2D eigenvalue weighted by Crippen LogP contribution is -2.13. The molecule has 0 heterocycles. The number of hydrogen-bond acceptors (Lipinski definition) is 7. The van der Waals surface area contributed by atoms with Gasteiger partial charge in [-0.1, -0.05) is 54.5 Å². The zero-order valence-electron chi connectivity index (χ0n) is 16.7. The number of benzene rings is 1. The topological polar surface area (TPSA) is 54.0 Å². The van der Waals surface area contributed by atoms with Crippen molar-refractivity contribution in [3.05, 3.63) is 24.3 Å². The van der Waals surface area contributed by atoms with Crippen LogP contribution in [-0.2, 0) is 18.1 Å². The third-order valence-electron chi connectivity index (χ3n) is 2.50. The van der Waals surface area contributed by atoms with Crippen LogP contribution >= 0.6 is 29.4 Å². The van der Waals surface area contributed by atoms with Crippen LogP contribution in [0.2, 0.25) is 0 Å². The van der Waals surface area contributed by atoms with Gasteiger partial charge in [0.15, 0.2) is 0 Å². The quantitative estimate of drug-likeness (QED) is 0.227. The average Bonchev–Trinajstić information content (AvgIpc) is 2.48. The normalized spacial score (nSPS) is 12.8. The Kier molecular flexibility index (Phi) is 10.1. The molecular formula is C18H31O5PS2. The number of hydrogen-bond donors (Lipinski definition) is 0. The molecule has 5 nitrogen and oxygen atoms in total. The van der Waals surface area contributed by atoms with E-state index in [2.05, 4.69) is 20.8 Å². The molecule has 0 atom stereocenters. The van der Waals surface area contributed by atoms with Crippen LogP contribution in [0.25, 0.3) is 0 Å². The molecule has 1 rings (SSSR count). The highest BCUT2D eigenvalue weighted by Crippen LogP contribution is 2.51. The van der Waals surface area contributed by atoms with Gasteiger partial charge in [-0.25, -0.2) is 4.57 Å². The third kappa shape index (κ3) is 10.2. The van der Waals surface area contributed by atoms with Gasteiger partial charge in [0.25, 0.3) is 0 Å². The first-order valence-corrected chi connectivity index (χ1v) is 12.3. The second kappa shape index (κ2) is 11.0. The molecule has 0 N–H and O–H groups in total. The summed E-state index contributed by atoms with van der Waals surface area (Å²) in [6.45, 7) is 14.0. The van der Waals surface area contributed by atoms with Crippen molar-refractivity contribution in [2.75, 3.05) is 13.2 Å². The van der Waals surface area contributed by atoms with Gasteiger partial charge in [-0.15, -0.1) is 0 Å². The molecule has 0 unspecified atom stereocenters. The Morgan fingerprint density at radius 1 is 1.00 bits per heavy atom. The van der Waals surface area contributed by atoms with Crippen LogP contribution < -0.4 is 4.74 Å². The van der Waals surface area contributed by atoms with Crippen molar-refractivity contribution in [2.45, 2.75) is 70.3 Å². The van der Waals surface area contributed by atoms with Crippen molar-refractivity contribution in [1.82, 2.24) is 0 Å². The maximum atomic E-state index is 12.6. The van der Waals surface area contributed by atoms with Gasteiger partial charge >= 0.3 is 7.82 Å². The fourth-order valence-electron chi connectivity index (χ4n) is 1.71. The molecule has 0 radical (unpaired) electrons. The Labute approximate surface area is 165 Å². The van der Waals surface area contributed by atoms with Gasteiger partial charge in [-0.05, 0) is 39.8 Å². The summed E-state index contributed by atoms with van der Waals surface area (Å²) in [5.74, 6) is 0.780. The summed E-state index contributed by atoms with van der Waals surface area (Å²) in [7, 11) is -0.129. The lowest BCUT2D eigenvalue weighted by Gasteiger charge is -2.22. The van der Waals surface area contributed by atoms with E-state index in [0.717, 1.165) is 10.6 Å². The molecule has 0 saturated heterocycles. The van der Waals surface area contributed by atoms with Gasteiger partial charge in [0.05, 0.1) is 23.7 Å². The molecule has 1 aromatic rings. The summed E-state index contributed by atoms with van der Waals surface area (Å²) >= 11 is 0. The third-order valence-corrected chi connectivity index (χ3v) is 7.75. The molecule has 0 saturated carbocycles. The van der Waals surface area contributed by atoms with E-state index < -0.39 is 7.82 Å². The van der Waals surface area contributed by atoms with E-state index in [-0.39, 0.29) is 30.2 Å². The van der Waals surface area contributed by atoms with Gasteiger partial charge in [0.2, 0.25) is 0 Å². The van der Waals surface area contributed by atoms with Crippen LogP contribution in [0.3, 0.4) is 0 Å². The van der Waals surface area contributed by atoms with Gasteiger partial charge in [-0.2, -0.15) is 0 Å². The highest BCUT2D eigenvalue weighted by molar-refractivity contribution is 8.77. The molecule has 1 aromatic carbocycles. The Balaban J connectivity index is 2.57. The summed E-state index contributed by atoms with van der Waals surface area (Å²) in [5.41, 5.74) is 0. The Bertz CT molecular complexity index is 573. The Hall–Kier alpha value is -0.170. The standard InChI is InChI=1S/C18H31O5PS2/c1-14(2)22-24(19,23-15(3)4)21-13-12-20-16-10-8-9-11-17(16)25-26-18(5,6)7/h8-11,14-15H,12-13H2,1-7H3. The van der Waals surface area contributed by atoms with Crippen LogP contribution in [-0.4, -0.2) is 30.2 Å². The first kappa shape index (κ1) is 23.9. The predicted octanol–water partition coefficient (Wildman–Crippen LogP) is 6.58. The highest BCUT2D eigenvalue weighted by atomic mass is 33.1. The van der Waals surface area contributed by atoms with Crippen molar-refractivity contribution < 1.29 is 22.9 Å². The molecule has 0 amide bonds. The maximum absolute atomic E-state index is 12.6. The molecule has 0 aliphatic carbocycles. The number of ether oxygens (including phenoxy) is 1. The van der Waals surface area contributed by atoms with E-state index in [1.807, 2.05) is 24.3 Å². The number of phosphoric acid groups is 1. The summed E-state index contributed by atoms with van der Waals surface area (Å²) in [4.78, 5) is 1.05. The fraction of sp³-hybridized carbons (Fsp3) is 0.667. The van der Waals surface area contributed by atoms with Crippen LogP contribution in [0.15, 0.2) is 29.2 Å². The van der Waals surface area contributed by atoms with E-state index in [9.17, 15) is 4.57 Å². The van der Waals surface area contributed by atoms with E-state index in [4.69, 9.17) is 18.3 Å². The minimum Gasteiger partial charge on any atom is -0.490 e. The zero-order chi connectivity index (χ0) is 19.8. The van der Waals surface area contributed by atoms with E-state index >= 15 is 0 Å². The van der Waals surface area contributed by atoms with Crippen molar-refractivity contribution >= 4 is 29.4 Å². The Morgan fingerprint density at radius 3 is 2.12 bits per heavy atom. The molecule has 26 heavy (non-hydrogen) atoms. The number of phosphoric ester groups is 1. The lowest BCUT2D eigenvalue weighted by atomic mass is 10.3. The van der Waals surface area contributed by atoms with Crippen molar-refractivity contribution in [2.24, 2.45) is 0 Å². The van der Waals surface area contributed by atoms with Crippen LogP contribution in [0, 0.1) is 0 Å². The second-order valence-electron chi connectivity index (χ2n) is 7.16. The predicted molar refractivity (Wildman–Crippen MR) is 111 cm³/mol. The van der Waals surface area contributed by atoms with Crippen molar-refractivity contribution in [3.63, 3.8) is 0 Å². The maximum Gasteiger partial charge on any atom is 0.475 e. The van der Waals surface area contributed by atoms with Crippen molar-refractivity contribution in [1.29, 1.82) is 0 Å². The highest BCUT2D eigenvalue weighted by Gasteiger charge is 2.29. The molecule has 8 heteroatoms. The van der Waals surface area contributed by atoms with Crippen molar-refractivity contribution in [3.8, 4) is 5.75 Å². The molecule has 0 aliphatic heterocycles. The molecule has 150 valence electrons. The minimum atomic E-state index is -3.59. The van der Waals surface area contributed by atoms with Gasteiger partial charge in [-0.3, -0.25) is 13.6 Å². The van der Waals surface area contributed by atoms with E-state index in [1.54, 1.807) is 49.3 Å². The number of para-hydroxylation sites is 1. The summed E-state index contributed by atoms with van der Waals surface area (Å²) in [6, 6.07) is 7.85. The largest absolute Gasteiger partial charge is 0.490 e. The van der Waals surface area contributed by atoms with Gasteiger partial charge < -0.3 is 4.74 Å². The monoisotopic (exact) mass is 422 g/mol. The Morgan fingerprint density at radius 2 is 1.58 bits per heavy atom. The molecule has 0 spiro atoms. The van der Waals surface area contributed by atoms with E-state index in [0.29, 0.717) is 0 Å². The molecular weight excluding hydrogens is 391 g/mol. The van der Waals surface area contributed by atoms with Crippen LogP contribution in [0.4, 0.5) is 0 Å². The van der Waals surface area contributed by atoms with Gasteiger partial charge in [0, 0.05) is 4.75 Å². The first-order valence-electron chi connectivity index (χ1n) is 8.69. The average molecular weight is 423 g/mol.